The van der Waals surface area contributed by atoms with Gasteiger partial charge in [0.05, 0.1) is 0 Å². The van der Waals surface area contributed by atoms with Gasteiger partial charge >= 0.3 is 0 Å². The zero-order valence-corrected chi connectivity index (χ0v) is 13.7. The smallest absolute Gasteiger partial charge is 0.253 e. The Balaban J connectivity index is 1.52. The van der Waals surface area contributed by atoms with Crippen LogP contribution in [0.3, 0.4) is 0 Å². The zero-order chi connectivity index (χ0) is 15.8. The number of hydrogen-bond acceptors (Lipinski definition) is 2. The van der Waals surface area contributed by atoms with Crippen LogP contribution in [0.4, 0.5) is 5.69 Å². The molecule has 0 aliphatic carbocycles. The molecule has 4 rings (SSSR count). The molecular formula is C19H19ClN2O. The van der Waals surface area contributed by atoms with Crippen molar-refractivity contribution in [3.05, 3.63) is 64.7 Å². The fourth-order valence-corrected chi connectivity index (χ4v) is 3.83. The number of rotatable bonds is 1. The van der Waals surface area contributed by atoms with Gasteiger partial charge in [0, 0.05) is 41.9 Å². The summed E-state index contributed by atoms with van der Waals surface area (Å²) in [5, 5.41) is 0.662. The van der Waals surface area contributed by atoms with Gasteiger partial charge in [-0.25, -0.2) is 0 Å². The number of piperazine rings is 1. The van der Waals surface area contributed by atoms with Crippen molar-refractivity contribution < 1.29 is 4.79 Å². The van der Waals surface area contributed by atoms with E-state index in [0.29, 0.717) is 11.1 Å². The second-order valence-electron chi connectivity index (χ2n) is 6.27. The predicted molar refractivity (Wildman–Crippen MR) is 93.3 cm³/mol. The lowest BCUT2D eigenvalue weighted by Gasteiger charge is -2.46. The van der Waals surface area contributed by atoms with Gasteiger partial charge in [-0.05, 0) is 48.7 Å². The molecule has 0 radical (unpaired) electrons. The highest BCUT2D eigenvalue weighted by molar-refractivity contribution is 6.30. The maximum atomic E-state index is 12.7. The Kier molecular flexibility index (Phi) is 3.74. The van der Waals surface area contributed by atoms with Gasteiger partial charge < -0.3 is 9.80 Å². The van der Waals surface area contributed by atoms with Gasteiger partial charge in [0.25, 0.3) is 5.91 Å². The summed E-state index contributed by atoms with van der Waals surface area (Å²) in [7, 11) is 0. The lowest BCUT2D eigenvalue weighted by molar-refractivity contribution is 0.0717. The van der Waals surface area contributed by atoms with Crippen LogP contribution in [0.15, 0.2) is 48.5 Å². The second kappa shape index (κ2) is 5.89. The van der Waals surface area contributed by atoms with Crippen molar-refractivity contribution in [2.75, 3.05) is 24.5 Å². The lowest BCUT2D eigenvalue weighted by atomic mass is 9.93. The summed E-state index contributed by atoms with van der Waals surface area (Å²) in [6, 6.07) is 16.3. The minimum Gasteiger partial charge on any atom is -0.365 e. The van der Waals surface area contributed by atoms with E-state index in [-0.39, 0.29) is 5.91 Å². The quantitative estimate of drug-likeness (QED) is 0.799. The van der Waals surface area contributed by atoms with E-state index in [1.165, 1.54) is 11.3 Å². The van der Waals surface area contributed by atoms with Crippen LogP contribution in [0.25, 0.3) is 0 Å². The molecule has 2 aliphatic rings. The highest BCUT2D eigenvalue weighted by atomic mass is 35.5. The number of anilines is 1. The number of nitrogens with zero attached hydrogens (tertiary/aromatic N) is 2. The normalized spacial score (nSPS) is 20.0. The SMILES string of the molecule is O=C(c1ccc(Cl)cc1)N1CCN2c3ccccc3CCC2C1. The summed E-state index contributed by atoms with van der Waals surface area (Å²) in [4.78, 5) is 17.2. The molecule has 1 atom stereocenters. The fourth-order valence-electron chi connectivity index (χ4n) is 3.70. The minimum absolute atomic E-state index is 0.111. The fraction of sp³-hybridized carbons (Fsp3) is 0.316. The third kappa shape index (κ3) is 2.70. The van der Waals surface area contributed by atoms with Crippen LogP contribution in [0, 0.1) is 0 Å². The van der Waals surface area contributed by atoms with Crippen LogP contribution < -0.4 is 4.90 Å². The Morgan fingerprint density at radius 1 is 1.04 bits per heavy atom. The summed E-state index contributed by atoms with van der Waals surface area (Å²) < 4.78 is 0. The molecule has 2 aromatic carbocycles. The number of hydrogen-bond donors (Lipinski definition) is 0. The Morgan fingerprint density at radius 2 is 1.83 bits per heavy atom. The lowest BCUT2D eigenvalue weighted by Crippen LogP contribution is -2.56. The molecule has 118 valence electrons. The number of carbonyl (C=O) groups is 1. The van der Waals surface area contributed by atoms with Gasteiger partial charge in [-0.2, -0.15) is 0 Å². The zero-order valence-electron chi connectivity index (χ0n) is 12.9. The van der Waals surface area contributed by atoms with E-state index in [0.717, 1.165) is 38.0 Å². The minimum atomic E-state index is 0.111. The first-order valence-electron chi connectivity index (χ1n) is 8.12. The van der Waals surface area contributed by atoms with Crippen LogP contribution >= 0.6 is 11.6 Å². The van der Waals surface area contributed by atoms with Gasteiger partial charge in [0.15, 0.2) is 0 Å². The molecule has 4 heteroatoms. The molecule has 2 aliphatic heterocycles. The summed E-state index contributed by atoms with van der Waals surface area (Å²) in [5.41, 5.74) is 3.50. The van der Waals surface area contributed by atoms with Crippen molar-refractivity contribution in [3.63, 3.8) is 0 Å². The number of carbonyl (C=O) groups excluding carboxylic acids is 1. The van der Waals surface area contributed by atoms with Gasteiger partial charge in [0.2, 0.25) is 0 Å². The number of aryl methyl sites for hydroxylation is 1. The maximum absolute atomic E-state index is 12.7. The number of halogens is 1. The molecule has 0 saturated carbocycles. The molecule has 2 aromatic rings. The largest absolute Gasteiger partial charge is 0.365 e. The van der Waals surface area contributed by atoms with E-state index in [2.05, 4.69) is 29.2 Å². The molecule has 0 aromatic heterocycles. The topological polar surface area (TPSA) is 23.6 Å². The predicted octanol–water partition coefficient (Wildman–Crippen LogP) is 3.62. The van der Waals surface area contributed by atoms with Crippen molar-refractivity contribution in [1.82, 2.24) is 4.90 Å². The molecule has 23 heavy (non-hydrogen) atoms. The molecule has 1 amide bonds. The average Bonchev–Trinajstić information content (AvgIpc) is 2.61. The molecule has 1 fully saturated rings. The van der Waals surface area contributed by atoms with Crippen LogP contribution in [0.2, 0.25) is 5.02 Å². The molecule has 2 heterocycles. The Bertz CT molecular complexity index is 728. The van der Waals surface area contributed by atoms with E-state index in [4.69, 9.17) is 11.6 Å². The molecular weight excluding hydrogens is 308 g/mol. The van der Waals surface area contributed by atoms with Crippen LogP contribution in [-0.4, -0.2) is 36.5 Å². The molecule has 1 saturated heterocycles. The Morgan fingerprint density at radius 3 is 2.65 bits per heavy atom. The summed E-state index contributed by atoms with van der Waals surface area (Å²) in [6.45, 7) is 2.48. The Labute approximate surface area is 141 Å². The van der Waals surface area contributed by atoms with E-state index in [1.807, 2.05) is 17.0 Å². The van der Waals surface area contributed by atoms with E-state index < -0.39 is 0 Å². The Hall–Kier alpha value is -2.00. The molecule has 0 spiro atoms. The monoisotopic (exact) mass is 326 g/mol. The van der Waals surface area contributed by atoms with Crippen molar-refractivity contribution in [2.45, 2.75) is 18.9 Å². The average molecular weight is 327 g/mol. The van der Waals surface area contributed by atoms with Crippen LogP contribution in [0.1, 0.15) is 22.3 Å². The van der Waals surface area contributed by atoms with Crippen molar-refractivity contribution in [1.29, 1.82) is 0 Å². The van der Waals surface area contributed by atoms with Crippen LogP contribution in [-0.2, 0) is 6.42 Å². The van der Waals surface area contributed by atoms with E-state index in [9.17, 15) is 4.79 Å². The van der Waals surface area contributed by atoms with Gasteiger partial charge in [-0.3, -0.25) is 4.79 Å². The van der Waals surface area contributed by atoms with Gasteiger partial charge in [-0.1, -0.05) is 29.8 Å². The molecule has 0 N–H and O–H groups in total. The summed E-state index contributed by atoms with van der Waals surface area (Å²) in [5.74, 6) is 0.111. The number of para-hydroxylation sites is 1. The van der Waals surface area contributed by atoms with E-state index in [1.54, 1.807) is 12.1 Å². The summed E-state index contributed by atoms with van der Waals surface area (Å²) >= 11 is 5.91. The van der Waals surface area contributed by atoms with Crippen molar-refractivity contribution in [2.24, 2.45) is 0 Å². The number of fused-ring (bicyclic) bond motifs is 3. The van der Waals surface area contributed by atoms with Crippen molar-refractivity contribution in [3.8, 4) is 0 Å². The highest BCUT2D eigenvalue weighted by Gasteiger charge is 2.33. The standard InChI is InChI=1S/C19H19ClN2O/c20-16-8-5-15(6-9-16)19(23)21-11-12-22-17(13-21)10-7-14-3-1-2-4-18(14)22/h1-6,8-9,17H,7,10-13H2. The third-order valence-corrected chi connectivity index (χ3v) is 5.16. The molecule has 1 unspecified atom stereocenters. The van der Waals surface area contributed by atoms with Gasteiger partial charge in [-0.15, -0.1) is 0 Å². The first-order chi connectivity index (χ1) is 11.2. The molecule has 3 nitrogen and oxygen atoms in total. The first kappa shape index (κ1) is 14.6. The maximum Gasteiger partial charge on any atom is 0.253 e. The summed E-state index contributed by atoms with van der Waals surface area (Å²) in [6.07, 6.45) is 2.21. The van der Waals surface area contributed by atoms with Crippen molar-refractivity contribution >= 4 is 23.2 Å². The van der Waals surface area contributed by atoms with Crippen LogP contribution in [0.5, 0.6) is 0 Å². The van der Waals surface area contributed by atoms with E-state index >= 15 is 0 Å². The highest BCUT2D eigenvalue weighted by Crippen LogP contribution is 2.32. The number of amides is 1. The third-order valence-electron chi connectivity index (χ3n) is 4.91. The molecule has 0 bridgehead atoms. The van der Waals surface area contributed by atoms with Gasteiger partial charge in [0.1, 0.15) is 0 Å². The second-order valence-corrected chi connectivity index (χ2v) is 6.71. The number of benzene rings is 2. The first-order valence-corrected chi connectivity index (χ1v) is 8.49.